The average molecular weight is 658 g/mol. The van der Waals surface area contributed by atoms with Crippen molar-refractivity contribution < 1.29 is 38.2 Å². The first-order chi connectivity index (χ1) is 22.6. The molecule has 0 spiro atoms. The normalized spacial score (nSPS) is 14.0. The van der Waals surface area contributed by atoms with Crippen LogP contribution in [0.3, 0.4) is 0 Å². The van der Waals surface area contributed by atoms with Gasteiger partial charge in [0.2, 0.25) is 0 Å². The van der Waals surface area contributed by atoms with Crippen LogP contribution in [-0.2, 0) is 28.6 Å². The van der Waals surface area contributed by atoms with Crippen LogP contribution in [0.5, 0.6) is 0 Å². The maximum Gasteiger partial charge on any atom is 0.306 e. The van der Waals surface area contributed by atoms with E-state index in [0.29, 0.717) is 19.3 Å². The number of aliphatic carboxylic acids is 1. The molecule has 0 bridgehead atoms. The third-order valence-electron chi connectivity index (χ3n) is 7.20. The van der Waals surface area contributed by atoms with Gasteiger partial charge in [0.1, 0.15) is 12.6 Å². The van der Waals surface area contributed by atoms with Crippen molar-refractivity contribution in [3.05, 3.63) is 72.9 Å². The fraction of sp³-hybridized carbons (Fsp3) is 0.615. The Labute approximate surface area is 285 Å². The number of carbonyl (C=O) groups is 3. The highest BCUT2D eigenvalue weighted by atomic mass is 16.6. The summed E-state index contributed by atoms with van der Waals surface area (Å²) in [7, 11) is 5.35. The van der Waals surface area contributed by atoms with Crippen molar-refractivity contribution in [3.8, 4) is 0 Å². The van der Waals surface area contributed by atoms with Crippen LogP contribution >= 0.6 is 0 Å². The Bertz CT molecular complexity index is 1000. The van der Waals surface area contributed by atoms with Crippen molar-refractivity contribution in [2.75, 3.05) is 41.0 Å². The predicted octanol–water partition coefficient (Wildman–Crippen LogP) is 7.12. The van der Waals surface area contributed by atoms with E-state index in [9.17, 15) is 19.5 Å². The molecule has 0 saturated heterocycles. The van der Waals surface area contributed by atoms with Crippen LogP contribution in [0.4, 0.5) is 0 Å². The molecule has 8 nitrogen and oxygen atoms in total. The number of hydrogen-bond acceptors (Lipinski definition) is 7. The number of esters is 2. The summed E-state index contributed by atoms with van der Waals surface area (Å²) in [5, 5.41) is 11.5. The number of ether oxygens (including phenoxy) is 3. The quantitative estimate of drug-likeness (QED) is 0.0278. The SMILES string of the molecule is CC/C=C/C=C/C=C/C=C/C=C/CCCC(=O)OC(COCCC(C(=O)[O-])[N+](C)(C)C)COC(=O)CCCCCC/C=C/CCCC. The average Bonchev–Trinajstić information content (AvgIpc) is 3.01. The van der Waals surface area contributed by atoms with Gasteiger partial charge in [-0.15, -0.1) is 0 Å². The summed E-state index contributed by atoms with van der Waals surface area (Å²) >= 11 is 0. The first-order valence-corrected chi connectivity index (χ1v) is 17.5. The first kappa shape index (κ1) is 43.8. The summed E-state index contributed by atoms with van der Waals surface area (Å²) in [5.74, 6) is -1.87. The lowest BCUT2D eigenvalue weighted by atomic mass is 10.1. The van der Waals surface area contributed by atoms with E-state index in [1.54, 1.807) is 21.1 Å². The lowest BCUT2D eigenvalue weighted by Crippen LogP contribution is -2.55. The third-order valence-corrected chi connectivity index (χ3v) is 7.20. The number of carbonyl (C=O) groups excluding carboxylic acids is 3. The van der Waals surface area contributed by atoms with Gasteiger partial charge in [0, 0.05) is 19.3 Å². The summed E-state index contributed by atoms with van der Waals surface area (Å²) in [4.78, 5) is 36.5. The molecule has 0 aliphatic carbocycles. The van der Waals surface area contributed by atoms with Crippen LogP contribution < -0.4 is 5.11 Å². The standard InChI is InChI=1S/C39H63NO7/c1-6-8-10-12-14-16-18-19-20-22-24-26-28-30-38(42)47-35(33-45-32-31-36(39(43)44)40(3,4)5)34-46-37(41)29-27-25-23-21-17-15-13-11-9-7-2/h8,10,12-16,18-20,22,24,35-36H,6-7,9,11,17,21,23,25-34H2,1-5H3/b10-8+,14-12+,15-13+,18-16+,20-19+,24-22+. The van der Waals surface area contributed by atoms with E-state index < -0.39 is 24.1 Å². The van der Waals surface area contributed by atoms with E-state index in [-0.39, 0.29) is 43.1 Å². The number of carboxylic acid groups (broad SMARTS) is 1. The number of allylic oxidation sites excluding steroid dienone is 12. The zero-order chi connectivity index (χ0) is 35.0. The van der Waals surface area contributed by atoms with Crippen molar-refractivity contribution in [2.45, 2.75) is 116 Å². The van der Waals surface area contributed by atoms with Gasteiger partial charge in [-0.3, -0.25) is 9.59 Å². The Balaban J connectivity index is 4.65. The molecule has 0 fully saturated rings. The molecule has 0 rings (SSSR count). The van der Waals surface area contributed by atoms with Gasteiger partial charge in [-0.25, -0.2) is 0 Å². The molecule has 0 radical (unpaired) electrons. The maximum atomic E-state index is 12.6. The monoisotopic (exact) mass is 657 g/mol. The van der Waals surface area contributed by atoms with Crippen LogP contribution in [0.25, 0.3) is 0 Å². The number of likely N-dealkylation sites (N-methyl/N-ethyl adjacent to an activating group) is 1. The van der Waals surface area contributed by atoms with Gasteiger partial charge in [-0.1, -0.05) is 112 Å². The Kier molecular flexibility index (Phi) is 28.1. The minimum absolute atomic E-state index is 0.00397. The van der Waals surface area contributed by atoms with Crippen LogP contribution in [0.15, 0.2) is 72.9 Å². The second-order valence-corrected chi connectivity index (χ2v) is 12.5. The molecular formula is C39H63NO7. The molecule has 0 aromatic rings. The molecule has 0 aliphatic rings. The Morgan fingerprint density at radius 3 is 1.85 bits per heavy atom. The molecule has 0 aromatic heterocycles. The fourth-order valence-electron chi connectivity index (χ4n) is 4.43. The third kappa shape index (κ3) is 28.7. The van der Waals surface area contributed by atoms with E-state index in [4.69, 9.17) is 14.2 Å². The smallest absolute Gasteiger partial charge is 0.306 e. The summed E-state index contributed by atoms with van der Waals surface area (Å²) in [5.41, 5.74) is 0. The molecule has 0 heterocycles. The second-order valence-electron chi connectivity index (χ2n) is 12.5. The molecule has 47 heavy (non-hydrogen) atoms. The zero-order valence-corrected chi connectivity index (χ0v) is 29.9. The predicted molar refractivity (Wildman–Crippen MR) is 189 cm³/mol. The van der Waals surface area contributed by atoms with Crippen LogP contribution in [-0.4, -0.2) is 75.5 Å². The largest absolute Gasteiger partial charge is 0.544 e. The lowest BCUT2D eigenvalue weighted by molar-refractivity contribution is -0.889. The summed E-state index contributed by atoms with van der Waals surface area (Å²) in [6.45, 7) is 4.33. The maximum absolute atomic E-state index is 12.6. The molecular weight excluding hydrogens is 594 g/mol. The minimum atomic E-state index is -1.14. The minimum Gasteiger partial charge on any atom is -0.544 e. The number of hydrogen-bond donors (Lipinski definition) is 0. The summed E-state index contributed by atoms with van der Waals surface area (Å²) < 4.78 is 16.9. The Morgan fingerprint density at radius 1 is 0.660 bits per heavy atom. The van der Waals surface area contributed by atoms with Crippen LogP contribution in [0.2, 0.25) is 0 Å². The van der Waals surface area contributed by atoms with Crippen LogP contribution in [0.1, 0.15) is 104 Å². The van der Waals surface area contributed by atoms with E-state index >= 15 is 0 Å². The van der Waals surface area contributed by atoms with E-state index in [0.717, 1.165) is 44.9 Å². The molecule has 0 aliphatic heterocycles. The number of unbranched alkanes of at least 4 members (excludes halogenated alkanes) is 7. The van der Waals surface area contributed by atoms with Crippen molar-refractivity contribution in [2.24, 2.45) is 0 Å². The number of quaternary nitrogens is 1. The topological polar surface area (TPSA) is 102 Å². The van der Waals surface area contributed by atoms with Crippen molar-refractivity contribution in [1.29, 1.82) is 0 Å². The summed E-state index contributed by atoms with van der Waals surface area (Å²) in [6, 6.07) is -0.741. The van der Waals surface area contributed by atoms with Gasteiger partial charge >= 0.3 is 11.9 Å². The van der Waals surface area contributed by atoms with Gasteiger partial charge in [-0.05, 0) is 44.9 Å². The molecule has 2 atom stereocenters. The van der Waals surface area contributed by atoms with Gasteiger partial charge in [0.25, 0.3) is 0 Å². The number of nitrogens with zero attached hydrogens (tertiary/aromatic N) is 1. The number of rotatable bonds is 29. The van der Waals surface area contributed by atoms with Crippen molar-refractivity contribution in [3.63, 3.8) is 0 Å². The number of carboxylic acids is 1. The van der Waals surface area contributed by atoms with Gasteiger partial charge in [-0.2, -0.15) is 0 Å². The highest BCUT2D eigenvalue weighted by Crippen LogP contribution is 2.10. The Hall–Kier alpha value is -3.23. The zero-order valence-electron chi connectivity index (χ0n) is 29.9. The highest BCUT2D eigenvalue weighted by molar-refractivity contribution is 5.70. The van der Waals surface area contributed by atoms with E-state index in [2.05, 4.69) is 32.1 Å². The van der Waals surface area contributed by atoms with Gasteiger partial charge in [0.15, 0.2) is 6.10 Å². The van der Waals surface area contributed by atoms with E-state index in [1.165, 1.54) is 12.8 Å². The Morgan fingerprint density at radius 2 is 1.23 bits per heavy atom. The summed E-state index contributed by atoms with van der Waals surface area (Å²) in [6.07, 6.45) is 35.2. The molecule has 2 unspecified atom stereocenters. The van der Waals surface area contributed by atoms with Crippen LogP contribution in [0, 0.1) is 0 Å². The van der Waals surface area contributed by atoms with Gasteiger partial charge in [0.05, 0.1) is 40.3 Å². The van der Waals surface area contributed by atoms with Gasteiger partial charge < -0.3 is 28.6 Å². The molecule has 0 aromatic carbocycles. The molecule has 8 heteroatoms. The molecule has 0 saturated carbocycles. The lowest BCUT2D eigenvalue weighted by Gasteiger charge is -2.34. The first-order valence-electron chi connectivity index (χ1n) is 17.5. The molecule has 266 valence electrons. The second kappa shape index (κ2) is 30.1. The highest BCUT2D eigenvalue weighted by Gasteiger charge is 2.25. The fourth-order valence-corrected chi connectivity index (χ4v) is 4.43. The van der Waals surface area contributed by atoms with Crippen molar-refractivity contribution in [1.82, 2.24) is 0 Å². The van der Waals surface area contributed by atoms with E-state index in [1.807, 2.05) is 54.7 Å². The van der Waals surface area contributed by atoms with Crippen molar-refractivity contribution >= 4 is 17.9 Å². The molecule has 0 amide bonds. The molecule has 0 N–H and O–H groups in total.